The highest BCUT2D eigenvalue weighted by Crippen LogP contribution is 2.18. The summed E-state index contributed by atoms with van der Waals surface area (Å²) >= 11 is 0. The molecule has 0 spiro atoms. The molecule has 2 rings (SSSR count). The molecule has 5 nitrogen and oxygen atoms in total. The molecule has 1 atom stereocenters. The summed E-state index contributed by atoms with van der Waals surface area (Å²) in [5.74, 6) is 0.0179. The summed E-state index contributed by atoms with van der Waals surface area (Å²) in [6.45, 7) is 9.17. The minimum Gasteiger partial charge on any atom is -0.372 e. The van der Waals surface area contributed by atoms with Crippen LogP contribution in [0.1, 0.15) is 50.4 Å². The van der Waals surface area contributed by atoms with E-state index in [1.165, 1.54) is 6.92 Å². The van der Waals surface area contributed by atoms with Gasteiger partial charge in [-0.25, -0.2) is 0 Å². The Morgan fingerprint density at radius 2 is 1.96 bits per heavy atom. The van der Waals surface area contributed by atoms with Gasteiger partial charge >= 0.3 is 0 Å². The van der Waals surface area contributed by atoms with Crippen LogP contribution in [-0.2, 0) is 4.79 Å². The van der Waals surface area contributed by atoms with Crippen LogP contribution in [0.4, 0.5) is 5.69 Å². The third kappa shape index (κ3) is 4.73. The van der Waals surface area contributed by atoms with Gasteiger partial charge in [-0.3, -0.25) is 9.59 Å². The van der Waals surface area contributed by atoms with Gasteiger partial charge in [-0.05, 0) is 50.5 Å². The van der Waals surface area contributed by atoms with Crippen molar-refractivity contribution in [3.63, 3.8) is 0 Å². The molecule has 1 heterocycles. The fourth-order valence-corrected chi connectivity index (χ4v) is 3.30. The van der Waals surface area contributed by atoms with Crippen molar-refractivity contribution in [1.82, 2.24) is 10.2 Å². The quantitative estimate of drug-likeness (QED) is 0.872. The molecule has 1 N–H and O–H groups in total. The summed E-state index contributed by atoms with van der Waals surface area (Å²) in [5, 5.41) is 2.92. The topological polar surface area (TPSA) is 52.7 Å². The number of nitrogens with one attached hydrogen (secondary N) is 1. The largest absolute Gasteiger partial charge is 0.372 e. The minimum absolute atomic E-state index is 0.0331. The van der Waals surface area contributed by atoms with Crippen LogP contribution in [-0.4, -0.2) is 48.9 Å². The Balaban J connectivity index is 2.02. The maximum Gasteiger partial charge on any atom is 0.253 e. The van der Waals surface area contributed by atoms with Crippen molar-refractivity contribution in [1.29, 1.82) is 0 Å². The van der Waals surface area contributed by atoms with Crippen molar-refractivity contribution in [2.45, 2.75) is 46.1 Å². The number of hydrogen-bond donors (Lipinski definition) is 1. The number of carbonyl (C=O) groups is 2. The molecule has 1 aliphatic rings. The predicted octanol–water partition coefficient (Wildman–Crippen LogP) is 2.66. The zero-order valence-electron chi connectivity index (χ0n) is 15.0. The average Bonchev–Trinajstić information content (AvgIpc) is 2.59. The summed E-state index contributed by atoms with van der Waals surface area (Å²) < 4.78 is 0. The Kier molecular flexibility index (Phi) is 6.64. The second-order valence-corrected chi connectivity index (χ2v) is 6.42. The van der Waals surface area contributed by atoms with Crippen molar-refractivity contribution in [3.05, 3.63) is 29.8 Å². The highest BCUT2D eigenvalue weighted by atomic mass is 16.2. The van der Waals surface area contributed by atoms with Crippen LogP contribution >= 0.6 is 0 Å². The van der Waals surface area contributed by atoms with Gasteiger partial charge in [-0.1, -0.05) is 6.92 Å². The molecule has 0 unspecified atom stereocenters. The van der Waals surface area contributed by atoms with Crippen molar-refractivity contribution < 1.29 is 9.59 Å². The van der Waals surface area contributed by atoms with Gasteiger partial charge < -0.3 is 15.1 Å². The number of amides is 2. The normalized spacial score (nSPS) is 17.5. The molecular formula is C19H29N3O2. The van der Waals surface area contributed by atoms with Crippen LogP contribution in [0.5, 0.6) is 0 Å². The van der Waals surface area contributed by atoms with Gasteiger partial charge in [0.2, 0.25) is 5.91 Å². The van der Waals surface area contributed by atoms with E-state index in [-0.39, 0.29) is 17.9 Å². The lowest BCUT2D eigenvalue weighted by Gasteiger charge is -2.33. The number of nitrogens with zero attached hydrogens (tertiary/aromatic N) is 2. The first-order valence-electron chi connectivity index (χ1n) is 8.96. The summed E-state index contributed by atoms with van der Waals surface area (Å²) in [4.78, 5) is 28.1. The molecule has 1 fully saturated rings. The van der Waals surface area contributed by atoms with E-state index in [2.05, 4.69) is 24.1 Å². The van der Waals surface area contributed by atoms with Gasteiger partial charge in [0.05, 0.1) is 0 Å². The molecule has 2 amide bonds. The molecule has 1 saturated heterocycles. The maximum absolute atomic E-state index is 12.7. The molecule has 0 aliphatic carbocycles. The summed E-state index contributed by atoms with van der Waals surface area (Å²) in [5.41, 5.74) is 1.88. The fourth-order valence-electron chi connectivity index (χ4n) is 3.30. The van der Waals surface area contributed by atoms with E-state index >= 15 is 0 Å². The molecular weight excluding hydrogens is 302 g/mol. The third-order valence-electron chi connectivity index (χ3n) is 4.47. The molecule has 5 heteroatoms. The van der Waals surface area contributed by atoms with Crippen molar-refractivity contribution in [2.24, 2.45) is 0 Å². The zero-order valence-corrected chi connectivity index (χ0v) is 15.0. The minimum atomic E-state index is -0.0331. The Morgan fingerprint density at radius 1 is 1.25 bits per heavy atom. The number of benzene rings is 1. The monoisotopic (exact) mass is 331 g/mol. The Morgan fingerprint density at radius 3 is 2.54 bits per heavy atom. The van der Waals surface area contributed by atoms with E-state index in [0.29, 0.717) is 6.54 Å². The van der Waals surface area contributed by atoms with Crippen LogP contribution in [0.15, 0.2) is 24.3 Å². The first kappa shape index (κ1) is 18.3. The Bertz CT molecular complexity index is 556. The van der Waals surface area contributed by atoms with Crippen molar-refractivity contribution in [2.75, 3.05) is 31.1 Å². The van der Waals surface area contributed by atoms with E-state index in [4.69, 9.17) is 0 Å². The van der Waals surface area contributed by atoms with Gasteiger partial charge in [-0.2, -0.15) is 0 Å². The zero-order chi connectivity index (χ0) is 17.5. The molecule has 24 heavy (non-hydrogen) atoms. The molecule has 132 valence electrons. The van der Waals surface area contributed by atoms with E-state index in [1.807, 2.05) is 29.2 Å². The van der Waals surface area contributed by atoms with Crippen LogP contribution < -0.4 is 10.2 Å². The van der Waals surface area contributed by atoms with E-state index in [9.17, 15) is 9.59 Å². The molecule has 0 aromatic heterocycles. The average molecular weight is 331 g/mol. The lowest BCUT2D eigenvalue weighted by molar-refractivity contribution is -0.120. The number of carbonyl (C=O) groups excluding carboxylic acids is 2. The SMILES string of the molecule is CCCN(CC)c1ccc(C(=O)N2CCC[C@@H](NC(C)=O)C2)cc1. The molecule has 0 saturated carbocycles. The number of piperidine rings is 1. The maximum atomic E-state index is 12.7. The van der Waals surface area contributed by atoms with Gasteiger partial charge in [0.25, 0.3) is 5.91 Å². The number of likely N-dealkylation sites (tertiary alicyclic amines) is 1. The number of anilines is 1. The standard InChI is InChI=1S/C19H29N3O2/c1-4-12-21(5-2)18-10-8-16(9-11-18)19(24)22-13-6-7-17(14-22)20-15(3)23/h8-11,17H,4-7,12-14H2,1-3H3,(H,20,23)/t17-/m1/s1. The lowest BCUT2D eigenvalue weighted by Crippen LogP contribution is -2.49. The molecule has 1 aromatic rings. The molecule has 0 radical (unpaired) electrons. The van der Waals surface area contributed by atoms with Gasteiger partial charge in [0, 0.05) is 50.4 Å². The number of hydrogen-bond acceptors (Lipinski definition) is 3. The molecule has 0 bridgehead atoms. The smallest absolute Gasteiger partial charge is 0.253 e. The second-order valence-electron chi connectivity index (χ2n) is 6.42. The predicted molar refractivity (Wildman–Crippen MR) is 97.4 cm³/mol. The second kappa shape index (κ2) is 8.71. The molecule has 1 aliphatic heterocycles. The third-order valence-corrected chi connectivity index (χ3v) is 4.47. The lowest BCUT2D eigenvalue weighted by atomic mass is 10.0. The summed E-state index contributed by atoms with van der Waals surface area (Å²) in [6, 6.07) is 7.96. The number of rotatable bonds is 6. The van der Waals surface area contributed by atoms with E-state index in [0.717, 1.165) is 50.1 Å². The highest BCUT2D eigenvalue weighted by molar-refractivity contribution is 5.94. The van der Waals surface area contributed by atoms with E-state index in [1.54, 1.807) is 0 Å². The van der Waals surface area contributed by atoms with Gasteiger partial charge in [0.15, 0.2) is 0 Å². The molecule has 1 aromatic carbocycles. The first-order valence-corrected chi connectivity index (χ1v) is 8.96. The van der Waals surface area contributed by atoms with Crippen LogP contribution in [0, 0.1) is 0 Å². The first-order chi connectivity index (χ1) is 11.5. The van der Waals surface area contributed by atoms with Crippen LogP contribution in [0.3, 0.4) is 0 Å². The highest BCUT2D eigenvalue weighted by Gasteiger charge is 2.24. The van der Waals surface area contributed by atoms with Crippen LogP contribution in [0.2, 0.25) is 0 Å². The van der Waals surface area contributed by atoms with Gasteiger partial charge in [-0.15, -0.1) is 0 Å². The summed E-state index contributed by atoms with van der Waals surface area (Å²) in [7, 11) is 0. The van der Waals surface area contributed by atoms with Gasteiger partial charge in [0.1, 0.15) is 0 Å². The van der Waals surface area contributed by atoms with Crippen molar-refractivity contribution >= 4 is 17.5 Å². The Labute approximate surface area is 145 Å². The summed E-state index contributed by atoms with van der Waals surface area (Å²) in [6.07, 6.45) is 2.96. The van der Waals surface area contributed by atoms with E-state index < -0.39 is 0 Å². The Hall–Kier alpha value is -2.04. The van der Waals surface area contributed by atoms with Crippen molar-refractivity contribution in [3.8, 4) is 0 Å². The fraction of sp³-hybridized carbons (Fsp3) is 0.579. The van der Waals surface area contributed by atoms with Crippen LogP contribution in [0.25, 0.3) is 0 Å².